The number of nitrogens with zero attached hydrogens (tertiary/aromatic N) is 1. The minimum atomic E-state index is -3.36. The quantitative estimate of drug-likeness (QED) is 0.782. The number of anilines is 1. The fourth-order valence-electron chi connectivity index (χ4n) is 3.39. The van der Waals surface area contributed by atoms with Gasteiger partial charge in [0, 0.05) is 30.3 Å². The molecule has 1 fully saturated rings. The lowest BCUT2D eigenvalue weighted by atomic mass is 9.86. The van der Waals surface area contributed by atoms with Crippen molar-refractivity contribution in [2.75, 3.05) is 5.32 Å². The van der Waals surface area contributed by atoms with Crippen LogP contribution in [-0.2, 0) is 19.7 Å². The number of nitrogens with one attached hydrogen (secondary N) is 2. The summed E-state index contributed by atoms with van der Waals surface area (Å²) < 4.78 is 26.6. The van der Waals surface area contributed by atoms with Crippen LogP contribution in [0.5, 0.6) is 0 Å². The lowest BCUT2D eigenvalue weighted by molar-refractivity contribution is -0.120. The van der Waals surface area contributed by atoms with E-state index in [0.29, 0.717) is 25.7 Å². The van der Waals surface area contributed by atoms with E-state index in [0.717, 1.165) is 17.7 Å². The van der Waals surface area contributed by atoms with Crippen LogP contribution in [0, 0.1) is 5.92 Å². The van der Waals surface area contributed by atoms with Crippen molar-refractivity contribution in [1.29, 1.82) is 0 Å². The summed E-state index contributed by atoms with van der Waals surface area (Å²) in [6.07, 6.45) is 5.16. The smallest absolute Gasteiger partial charge is 0.227 e. The van der Waals surface area contributed by atoms with Gasteiger partial charge in [0.2, 0.25) is 15.9 Å². The second-order valence-corrected chi connectivity index (χ2v) is 11.0. The van der Waals surface area contributed by atoms with Gasteiger partial charge in [0.15, 0.2) is 6.10 Å². The van der Waals surface area contributed by atoms with E-state index in [2.05, 4.69) is 15.2 Å². The zero-order valence-electron chi connectivity index (χ0n) is 16.6. The molecule has 1 heterocycles. The molecule has 8 heteroatoms. The lowest BCUT2D eigenvalue weighted by Crippen LogP contribution is -2.46. The van der Waals surface area contributed by atoms with Crippen molar-refractivity contribution in [1.82, 2.24) is 4.72 Å². The molecule has 3 rings (SSSR count). The first-order valence-corrected chi connectivity index (χ1v) is 11.2. The number of hydrogen-bond donors (Lipinski definition) is 2. The molecule has 0 bridgehead atoms. The van der Waals surface area contributed by atoms with Gasteiger partial charge in [0.05, 0.1) is 4.75 Å². The zero-order chi connectivity index (χ0) is 20.4. The van der Waals surface area contributed by atoms with Crippen LogP contribution in [0.25, 0.3) is 0 Å². The number of oxime groups is 1. The Morgan fingerprint density at radius 3 is 2.29 bits per heavy atom. The van der Waals surface area contributed by atoms with Crippen molar-refractivity contribution in [3.05, 3.63) is 29.8 Å². The van der Waals surface area contributed by atoms with Crippen LogP contribution in [-0.4, -0.2) is 31.3 Å². The highest BCUT2D eigenvalue weighted by atomic mass is 32.2. The molecule has 0 radical (unpaired) electrons. The van der Waals surface area contributed by atoms with Crippen molar-refractivity contribution in [2.24, 2.45) is 11.1 Å². The van der Waals surface area contributed by atoms with Crippen LogP contribution in [0.4, 0.5) is 5.69 Å². The van der Waals surface area contributed by atoms with Crippen molar-refractivity contribution in [3.63, 3.8) is 0 Å². The Bertz CT molecular complexity index is 812. The van der Waals surface area contributed by atoms with Gasteiger partial charge in [-0.05, 0) is 64.2 Å². The van der Waals surface area contributed by atoms with Gasteiger partial charge in [0.1, 0.15) is 0 Å². The molecular weight excluding hydrogens is 378 g/mol. The number of sulfonamides is 1. The third-order valence-corrected chi connectivity index (χ3v) is 7.61. The Hall–Kier alpha value is -1.93. The fourth-order valence-corrected chi connectivity index (χ4v) is 4.42. The highest BCUT2D eigenvalue weighted by Crippen LogP contribution is 2.28. The number of carbonyl (C=O) groups is 1. The van der Waals surface area contributed by atoms with E-state index >= 15 is 0 Å². The molecule has 0 aromatic heterocycles. The molecule has 28 heavy (non-hydrogen) atoms. The first-order valence-electron chi connectivity index (χ1n) is 9.76. The largest absolute Gasteiger partial charge is 0.388 e. The molecule has 1 amide bonds. The minimum absolute atomic E-state index is 0.00896. The normalized spacial score (nSPS) is 25.3. The molecule has 7 nitrogen and oxygen atoms in total. The van der Waals surface area contributed by atoms with E-state index in [1.807, 2.05) is 24.3 Å². The fraction of sp³-hybridized carbons (Fsp3) is 0.600. The highest BCUT2D eigenvalue weighted by Gasteiger charge is 2.34. The molecule has 1 aliphatic carbocycles. The molecule has 0 saturated heterocycles. The van der Waals surface area contributed by atoms with Crippen molar-refractivity contribution < 1.29 is 18.0 Å². The molecule has 1 aromatic rings. The Morgan fingerprint density at radius 1 is 1.11 bits per heavy atom. The van der Waals surface area contributed by atoms with Gasteiger partial charge in [-0.3, -0.25) is 4.79 Å². The van der Waals surface area contributed by atoms with Gasteiger partial charge < -0.3 is 10.2 Å². The van der Waals surface area contributed by atoms with Crippen LogP contribution in [0.3, 0.4) is 0 Å². The molecule has 154 valence electrons. The van der Waals surface area contributed by atoms with Crippen LogP contribution in [0.15, 0.2) is 29.4 Å². The van der Waals surface area contributed by atoms with E-state index in [1.54, 1.807) is 27.0 Å². The van der Waals surface area contributed by atoms with Gasteiger partial charge in [-0.2, -0.15) is 0 Å². The predicted molar refractivity (Wildman–Crippen MR) is 110 cm³/mol. The number of hydrogen-bond acceptors (Lipinski definition) is 5. The molecule has 1 atom stereocenters. The molecule has 2 N–H and O–H groups in total. The molecule has 1 aliphatic heterocycles. The summed E-state index contributed by atoms with van der Waals surface area (Å²) in [5.41, 5.74) is 1.78. The van der Waals surface area contributed by atoms with Gasteiger partial charge in [0.25, 0.3) is 0 Å². The maximum atomic E-state index is 12.6. The van der Waals surface area contributed by atoms with Crippen LogP contribution >= 0.6 is 0 Å². The van der Waals surface area contributed by atoms with Crippen LogP contribution in [0.2, 0.25) is 0 Å². The lowest BCUT2D eigenvalue weighted by Gasteiger charge is -2.30. The van der Waals surface area contributed by atoms with Gasteiger partial charge in [-0.25, -0.2) is 13.1 Å². The second-order valence-electron chi connectivity index (χ2n) is 8.51. The summed E-state index contributed by atoms with van der Waals surface area (Å²) in [6.45, 7) is 5.06. The summed E-state index contributed by atoms with van der Waals surface area (Å²) in [7, 11) is -3.36. The molecule has 0 spiro atoms. The Kier molecular flexibility index (Phi) is 6.09. The van der Waals surface area contributed by atoms with E-state index in [-0.39, 0.29) is 24.0 Å². The predicted octanol–water partition coefficient (Wildman–Crippen LogP) is 3.35. The first kappa shape index (κ1) is 20.8. The molecule has 1 aromatic carbocycles. The number of carbonyl (C=O) groups excluding carboxylic acids is 1. The maximum absolute atomic E-state index is 12.6. The summed E-state index contributed by atoms with van der Waals surface area (Å²) in [6, 6.07) is 7.53. The molecule has 2 aliphatic rings. The number of benzene rings is 1. The topological polar surface area (TPSA) is 96.9 Å². The summed E-state index contributed by atoms with van der Waals surface area (Å²) >= 11 is 0. The summed E-state index contributed by atoms with van der Waals surface area (Å²) in [5, 5.41) is 6.74. The van der Waals surface area contributed by atoms with Gasteiger partial charge in [-0.15, -0.1) is 0 Å². The Morgan fingerprint density at radius 2 is 1.75 bits per heavy atom. The van der Waals surface area contributed by atoms with E-state index in [4.69, 9.17) is 4.84 Å². The zero-order valence-corrected chi connectivity index (χ0v) is 17.5. The van der Waals surface area contributed by atoms with Gasteiger partial charge >= 0.3 is 0 Å². The third-order valence-electron chi connectivity index (χ3n) is 5.36. The standard InChI is InChI=1S/C20H29N3O4S/c1-20(2,3)28(25,26)23-17-10-6-15(7-11-17)19(24)22-16-8-4-14(5-9-16)18-12-13-21-27-18/h4-5,8-9,13,15,17-18,23H,6-7,10-12H2,1-3H3,(H,22,24). The van der Waals surface area contributed by atoms with E-state index in [1.165, 1.54) is 0 Å². The van der Waals surface area contributed by atoms with Gasteiger partial charge in [-0.1, -0.05) is 17.3 Å². The van der Waals surface area contributed by atoms with Crippen LogP contribution in [0.1, 0.15) is 64.5 Å². The summed E-state index contributed by atoms with van der Waals surface area (Å²) in [5.74, 6) is -0.105. The average molecular weight is 408 g/mol. The van der Waals surface area contributed by atoms with Crippen LogP contribution < -0.4 is 10.0 Å². The summed E-state index contributed by atoms with van der Waals surface area (Å²) in [4.78, 5) is 17.8. The Labute approximate surface area is 167 Å². The molecular formula is C20H29N3O4S. The highest BCUT2D eigenvalue weighted by molar-refractivity contribution is 7.90. The first-order chi connectivity index (χ1) is 13.2. The second kappa shape index (κ2) is 8.21. The third kappa shape index (κ3) is 4.91. The van der Waals surface area contributed by atoms with Crippen molar-refractivity contribution in [2.45, 2.75) is 69.8 Å². The van der Waals surface area contributed by atoms with E-state index in [9.17, 15) is 13.2 Å². The Balaban J connectivity index is 1.49. The van der Waals surface area contributed by atoms with E-state index < -0.39 is 14.8 Å². The van der Waals surface area contributed by atoms with Crippen molar-refractivity contribution >= 4 is 27.8 Å². The van der Waals surface area contributed by atoms with Crippen molar-refractivity contribution in [3.8, 4) is 0 Å². The average Bonchev–Trinajstić information content (AvgIpc) is 3.16. The maximum Gasteiger partial charge on any atom is 0.227 e. The molecule has 1 unspecified atom stereocenters. The molecule has 1 saturated carbocycles. The monoisotopic (exact) mass is 407 g/mol. The number of amides is 1. The SMILES string of the molecule is CC(C)(C)S(=O)(=O)NC1CCC(C(=O)Nc2ccc(C3CC=NO3)cc2)CC1. The minimum Gasteiger partial charge on any atom is -0.388 e. The number of rotatable bonds is 5.